The first-order chi connectivity index (χ1) is 12.9. The number of nitro groups is 1. The Morgan fingerprint density at radius 1 is 1.19 bits per heavy atom. The molecule has 0 aromatic heterocycles. The zero-order chi connectivity index (χ0) is 19.6. The molecule has 0 saturated carbocycles. The van der Waals surface area contributed by atoms with E-state index in [1.807, 2.05) is 24.3 Å². The van der Waals surface area contributed by atoms with Gasteiger partial charge in [-0.15, -0.1) is 0 Å². The Morgan fingerprint density at radius 3 is 2.48 bits per heavy atom. The number of anilines is 1. The highest BCUT2D eigenvalue weighted by Crippen LogP contribution is 2.33. The van der Waals surface area contributed by atoms with E-state index in [1.165, 1.54) is 24.0 Å². The summed E-state index contributed by atoms with van der Waals surface area (Å²) in [6.45, 7) is 2.11. The first-order valence-corrected chi connectivity index (χ1v) is 8.74. The molecule has 27 heavy (non-hydrogen) atoms. The molecular formula is C20H21N3O4. The molecule has 2 aromatic rings. The third-order valence-electron chi connectivity index (χ3n) is 5.01. The first kappa shape index (κ1) is 18.6. The SMILES string of the molecule is CC(=O)N1CCc2ccccc2[C@@H]1CC(=O)N(C)c1ccc([N+](=O)[O-])cc1. The molecule has 1 aliphatic heterocycles. The Bertz CT molecular complexity index is 879. The molecular weight excluding hydrogens is 346 g/mol. The van der Waals surface area contributed by atoms with Gasteiger partial charge in [0.2, 0.25) is 11.8 Å². The van der Waals surface area contributed by atoms with E-state index in [-0.39, 0.29) is 30.0 Å². The number of fused-ring (bicyclic) bond motifs is 1. The van der Waals surface area contributed by atoms with Gasteiger partial charge >= 0.3 is 0 Å². The molecule has 1 atom stereocenters. The van der Waals surface area contributed by atoms with Crippen LogP contribution in [0.3, 0.4) is 0 Å². The van der Waals surface area contributed by atoms with Crippen LogP contribution in [-0.4, -0.2) is 35.2 Å². The third kappa shape index (κ3) is 3.81. The van der Waals surface area contributed by atoms with Crippen LogP contribution in [0.15, 0.2) is 48.5 Å². The summed E-state index contributed by atoms with van der Waals surface area (Å²) in [5.41, 5.74) is 2.71. The summed E-state index contributed by atoms with van der Waals surface area (Å²) in [5, 5.41) is 10.8. The summed E-state index contributed by atoms with van der Waals surface area (Å²) < 4.78 is 0. The first-order valence-electron chi connectivity index (χ1n) is 8.74. The molecule has 3 rings (SSSR count). The molecule has 140 valence electrons. The lowest BCUT2D eigenvalue weighted by molar-refractivity contribution is -0.384. The predicted molar refractivity (Wildman–Crippen MR) is 101 cm³/mol. The third-order valence-corrected chi connectivity index (χ3v) is 5.01. The molecule has 0 radical (unpaired) electrons. The Kier molecular flexibility index (Phi) is 5.21. The molecule has 2 amide bonds. The lowest BCUT2D eigenvalue weighted by atomic mass is 9.90. The van der Waals surface area contributed by atoms with Crippen molar-refractivity contribution in [2.45, 2.75) is 25.8 Å². The number of hydrogen-bond acceptors (Lipinski definition) is 4. The van der Waals surface area contributed by atoms with Crippen molar-refractivity contribution in [1.82, 2.24) is 4.90 Å². The van der Waals surface area contributed by atoms with Crippen LogP contribution < -0.4 is 4.90 Å². The molecule has 7 nitrogen and oxygen atoms in total. The van der Waals surface area contributed by atoms with Crippen LogP contribution in [0.25, 0.3) is 0 Å². The van der Waals surface area contributed by atoms with E-state index in [1.54, 1.807) is 24.1 Å². The number of rotatable bonds is 4. The monoisotopic (exact) mass is 367 g/mol. The average molecular weight is 367 g/mol. The summed E-state index contributed by atoms with van der Waals surface area (Å²) in [6.07, 6.45) is 0.933. The van der Waals surface area contributed by atoms with Gasteiger partial charge in [-0.2, -0.15) is 0 Å². The molecule has 0 spiro atoms. The van der Waals surface area contributed by atoms with Gasteiger partial charge in [-0.25, -0.2) is 0 Å². The zero-order valence-electron chi connectivity index (χ0n) is 15.3. The Morgan fingerprint density at radius 2 is 1.85 bits per heavy atom. The lowest BCUT2D eigenvalue weighted by Crippen LogP contribution is -2.41. The highest BCUT2D eigenvalue weighted by atomic mass is 16.6. The van der Waals surface area contributed by atoms with Crippen molar-refractivity contribution in [2.24, 2.45) is 0 Å². The summed E-state index contributed by atoms with van der Waals surface area (Å²) in [6, 6.07) is 13.4. The fraction of sp³-hybridized carbons (Fsp3) is 0.300. The summed E-state index contributed by atoms with van der Waals surface area (Å²) in [5.74, 6) is -0.211. The highest BCUT2D eigenvalue weighted by Gasteiger charge is 2.31. The summed E-state index contributed by atoms with van der Waals surface area (Å²) in [7, 11) is 1.64. The highest BCUT2D eigenvalue weighted by molar-refractivity contribution is 5.93. The van der Waals surface area contributed by atoms with Gasteiger partial charge in [-0.05, 0) is 29.7 Å². The number of benzene rings is 2. The lowest BCUT2D eigenvalue weighted by Gasteiger charge is -2.37. The Balaban J connectivity index is 1.82. The van der Waals surface area contributed by atoms with Crippen LogP contribution in [0, 0.1) is 10.1 Å². The van der Waals surface area contributed by atoms with E-state index in [0.717, 1.165) is 17.5 Å². The fourth-order valence-corrected chi connectivity index (χ4v) is 3.49. The average Bonchev–Trinajstić information content (AvgIpc) is 2.67. The second kappa shape index (κ2) is 7.57. The van der Waals surface area contributed by atoms with Crippen molar-refractivity contribution in [3.63, 3.8) is 0 Å². The van der Waals surface area contributed by atoms with E-state index in [2.05, 4.69) is 0 Å². The molecule has 1 heterocycles. The van der Waals surface area contributed by atoms with Gasteiger partial charge in [0, 0.05) is 38.3 Å². The molecule has 0 saturated heterocycles. The van der Waals surface area contributed by atoms with Gasteiger partial charge in [0.1, 0.15) is 0 Å². The van der Waals surface area contributed by atoms with E-state index < -0.39 is 4.92 Å². The van der Waals surface area contributed by atoms with E-state index in [0.29, 0.717) is 12.2 Å². The second-order valence-electron chi connectivity index (χ2n) is 6.61. The Hall–Kier alpha value is -3.22. The molecule has 0 aliphatic carbocycles. The number of amides is 2. The van der Waals surface area contributed by atoms with Gasteiger partial charge in [-0.3, -0.25) is 19.7 Å². The minimum atomic E-state index is -0.477. The smallest absolute Gasteiger partial charge is 0.269 e. The van der Waals surface area contributed by atoms with Crippen LogP contribution >= 0.6 is 0 Å². The second-order valence-corrected chi connectivity index (χ2v) is 6.61. The molecule has 0 unspecified atom stereocenters. The standard InChI is InChI=1S/C20H21N3O4/c1-14(24)22-12-11-15-5-3-4-6-18(15)19(22)13-20(25)21(2)16-7-9-17(10-8-16)23(26)27/h3-10,19H,11-13H2,1-2H3/t19-/m0/s1. The number of nitro benzene ring substituents is 1. The fourth-order valence-electron chi connectivity index (χ4n) is 3.49. The number of carbonyl (C=O) groups is 2. The molecule has 7 heteroatoms. The number of non-ortho nitro benzene ring substituents is 1. The van der Waals surface area contributed by atoms with E-state index in [4.69, 9.17) is 0 Å². The van der Waals surface area contributed by atoms with Gasteiger partial charge in [-0.1, -0.05) is 24.3 Å². The number of nitrogens with zero attached hydrogens (tertiary/aromatic N) is 3. The quantitative estimate of drug-likeness (QED) is 0.614. The van der Waals surface area contributed by atoms with Gasteiger partial charge < -0.3 is 9.80 Å². The van der Waals surface area contributed by atoms with E-state index in [9.17, 15) is 19.7 Å². The minimum Gasteiger partial charge on any atom is -0.335 e. The Labute approximate surface area is 157 Å². The van der Waals surface area contributed by atoms with Crippen LogP contribution in [0.4, 0.5) is 11.4 Å². The van der Waals surface area contributed by atoms with Gasteiger partial charge in [0.05, 0.1) is 17.4 Å². The van der Waals surface area contributed by atoms with Crippen molar-refractivity contribution in [2.75, 3.05) is 18.5 Å². The maximum Gasteiger partial charge on any atom is 0.269 e. The van der Waals surface area contributed by atoms with Gasteiger partial charge in [0.25, 0.3) is 5.69 Å². The molecule has 0 bridgehead atoms. The van der Waals surface area contributed by atoms with Crippen molar-refractivity contribution in [1.29, 1.82) is 0 Å². The summed E-state index contributed by atoms with van der Waals surface area (Å²) >= 11 is 0. The molecule has 0 fully saturated rings. The molecule has 2 aromatic carbocycles. The van der Waals surface area contributed by atoms with Crippen LogP contribution in [0.1, 0.15) is 30.5 Å². The van der Waals surface area contributed by atoms with Crippen LogP contribution in [0.5, 0.6) is 0 Å². The zero-order valence-corrected chi connectivity index (χ0v) is 15.3. The van der Waals surface area contributed by atoms with E-state index >= 15 is 0 Å². The van der Waals surface area contributed by atoms with Crippen molar-refractivity contribution in [3.05, 3.63) is 69.8 Å². The maximum absolute atomic E-state index is 12.9. The minimum absolute atomic E-state index is 0.0245. The molecule has 1 aliphatic rings. The summed E-state index contributed by atoms with van der Waals surface area (Å²) in [4.78, 5) is 38.5. The number of carbonyl (C=O) groups excluding carboxylic acids is 2. The van der Waals surface area contributed by atoms with Gasteiger partial charge in [0.15, 0.2) is 0 Å². The normalized spacial score (nSPS) is 15.8. The van der Waals surface area contributed by atoms with Crippen LogP contribution in [0.2, 0.25) is 0 Å². The van der Waals surface area contributed by atoms with Crippen molar-refractivity contribution < 1.29 is 14.5 Å². The topological polar surface area (TPSA) is 83.8 Å². The predicted octanol–water partition coefficient (Wildman–Crippen LogP) is 3.09. The van der Waals surface area contributed by atoms with Crippen molar-refractivity contribution in [3.8, 4) is 0 Å². The number of hydrogen-bond donors (Lipinski definition) is 0. The van der Waals surface area contributed by atoms with Crippen LogP contribution in [-0.2, 0) is 16.0 Å². The molecule has 0 N–H and O–H groups in total. The largest absolute Gasteiger partial charge is 0.335 e. The maximum atomic E-state index is 12.9. The van der Waals surface area contributed by atoms with Crippen molar-refractivity contribution >= 4 is 23.2 Å².